The second-order valence-corrected chi connectivity index (χ2v) is 9.00. The molecule has 0 bridgehead atoms. The lowest BCUT2D eigenvalue weighted by atomic mass is 10.2. The number of nitrogens with one attached hydrogen (secondary N) is 2. The number of carbonyl (C=O) groups excluding carboxylic acids is 1. The second kappa shape index (κ2) is 8.68. The van der Waals surface area contributed by atoms with Gasteiger partial charge in [0.25, 0.3) is 5.91 Å². The highest BCUT2D eigenvalue weighted by Crippen LogP contribution is 2.23. The van der Waals surface area contributed by atoms with E-state index >= 15 is 0 Å². The van der Waals surface area contributed by atoms with E-state index in [0.29, 0.717) is 18.1 Å². The predicted octanol–water partition coefficient (Wildman–Crippen LogP) is 1.77. The number of aromatic nitrogens is 3. The van der Waals surface area contributed by atoms with Gasteiger partial charge in [-0.25, -0.2) is 13.1 Å². The summed E-state index contributed by atoms with van der Waals surface area (Å²) < 4.78 is 35.0. The van der Waals surface area contributed by atoms with Crippen LogP contribution in [0.2, 0.25) is 5.02 Å². The second-order valence-electron chi connectivity index (χ2n) is 6.86. The van der Waals surface area contributed by atoms with Gasteiger partial charge in [-0.2, -0.15) is 0 Å². The molecule has 0 radical (unpaired) electrons. The van der Waals surface area contributed by atoms with Gasteiger partial charge < -0.3 is 10.1 Å². The molecule has 0 unspecified atom stereocenters. The summed E-state index contributed by atoms with van der Waals surface area (Å²) in [5, 5.41) is 10.8. The van der Waals surface area contributed by atoms with Gasteiger partial charge in [0.2, 0.25) is 10.0 Å². The number of sulfonamides is 1. The Hall–Kier alpha value is -2.53. The van der Waals surface area contributed by atoms with E-state index in [2.05, 4.69) is 20.2 Å². The van der Waals surface area contributed by atoms with Gasteiger partial charge >= 0.3 is 0 Å². The molecule has 0 saturated carbocycles. The number of halogens is 1. The van der Waals surface area contributed by atoms with Crippen molar-refractivity contribution in [3.8, 4) is 0 Å². The van der Waals surface area contributed by atoms with Gasteiger partial charge in [-0.3, -0.25) is 9.20 Å². The van der Waals surface area contributed by atoms with Crippen LogP contribution < -0.4 is 10.0 Å². The summed E-state index contributed by atoms with van der Waals surface area (Å²) in [4.78, 5) is 12.4. The molecular weight excluding hydrogens is 430 g/mol. The van der Waals surface area contributed by atoms with E-state index in [9.17, 15) is 13.2 Å². The van der Waals surface area contributed by atoms with Crippen molar-refractivity contribution in [3.63, 3.8) is 0 Å². The van der Waals surface area contributed by atoms with Crippen molar-refractivity contribution in [2.45, 2.75) is 30.4 Å². The van der Waals surface area contributed by atoms with Gasteiger partial charge in [0.05, 0.1) is 17.7 Å². The molecule has 1 atom stereocenters. The standard InChI is InChI=1S/C19H20ClN5O4S/c20-15-7-6-13(10-16(15)30(27,28)22-11-14-4-3-9-29-14)19(26)21-12-18-24-23-17-5-1-2-8-25(17)18/h1-2,5-8,10,14,22H,3-4,9,11-12H2,(H,21,26)/t14-/m0/s1. The normalized spacial score (nSPS) is 16.8. The van der Waals surface area contributed by atoms with Gasteiger partial charge in [-0.15, -0.1) is 10.2 Å². The summed E-state index contributed by atoms with van der Waals surface area (Å²) in [6, 6.07) is 9.61. The Kier molecular flexibility index (Phi) is 6.00. The first-order chi connectivity index (χ1) is 14.4. The highest BCUT2D eigenvalue weighted by atomic mass is 35.5. The fraction of sp³-hybridized carbons (Fsp3) is 0.316. The van der Waals surface area contributed by atoms with Crippen molar-refractivity contribution < 1.29 is 17.9 Å². The minimum atomic E-state index is -3.89. The van der Waals surface area contributed by atoms with E-state index in [1.165, 1.54) is 18.2 Å². The largest absolute Gasteiger partial charge is 0.377 e. The highest BCUT2D eigenvalue weighted by Gasteiger charge is 2.23. The lowest BCUT2D eigenvalue weighted by Gasteiger charge is -2.13. The quantitative estimate of drug-likeness (QED) is 0.568. The van der Waals surface area contributed by atoms with Crippen molar-refractivity contribution in [3.05, 3.63) is 59.0 Å². The Morgan fingerprint density at radius 3 is 2.93 bits per heavy atom. The number of nitrogens with zero attached hydrogens (tertiary/aromatic N) is 3. The molecule has 0 aliphatic carbocycles. The molecule has 1 aromatic carbocycles. The topological polar surface area (TPSA) is 115 Å². The van der Waals surface area contributed by atoms with Crippen LogP contribution in [0.1, 0.15) is 29.0 Å². The van der Waals surface area contributed by atoms with Crippen LogP contribution in [0.25, 0.3) is 5.65 Å². The predicted molar refractivity (Wildman–Crippen MR) is 110 cm³/mol. The fourth-order valence-electron chi connectivity index (χ4n) is 3.21. The smallest absolute Gasteiger partial charge is 0.251 e. The van der Waals surface area contributed by atoms with Gasteiger partial charge in [-0.05, 0) is 43.2 Å². The molecule has 1 aliphatic rings. The molecule has 9 nitrogen and oxygen atoms in total. The number of pyridine rings is 1. The Balaban J connectivity index is 1.47. The van der Waals surface area contributed by atoms with Gasteiger partial charge in [0.15, 0.2) is 11.5 Å². The molecule has 1 amide bonds. The zero-order chi connectivity index (χ0) is 21.1. The maximum absolute atomic E-state index is 12.7. The summed E-state index contributed by atoms with van der Waals surface area (Å²) in [6.07, 6.45) is 3.35. The van der Waals surface area contributed by atoms with E-state index in [1.54, 1.807) is 16.7 Å². The lowest BCUT2D eigenvalue weighted by molar-refractivity contribution is 0.0949. The summed E-state index contributed by atoms with van der Waals surface area (Å²) >= 11 is 6.10. The molecule has 3 heterocycles. The number of rotatable bonds is 7. The molecule has 1 saturated heterocycles. The third kappa shape index (κ3) is 4.46. The first kappa shape index (κ1) is 20.7. The maximum atomic E-state index is 12.7. The third-order valence-electron chi connectivity index (χ3n) is 4.80. The van der Waals surface area contributed by atoms with Gasteiger partial charge in [-0.1, -0.05) is 17.7 Å². The summed E-state index contributed by atoms with van der Waals surface area (Å²) in [7, 11) is -3.89. The van der Waals surface area contributed by atoms with Crippen LogP contribution in [0, 0.1) is 0 Å². The van der Waals surface area contributed by atoms with Crippen LogP contribution >= 0.6 is 11.6 Å². The minimum Gasteiger partial charge on any atom is -0.377 e. The number of carbonyl (C=O) groups is 1. The fourth-order valence-corrected chi connectivity index (χ4v) is 4.80. The van der Waals surface area contributed by atoms with E-state index in [-0.39, 0.29) is 34.7 Å². The van der Waals surface area contributed by atoms with Crippen molar-refractivity contribution in [2.24, 2.45) is 0 Å². The molecule has 1 aliphatic heterocycles. The molecule has 2 aromatic heterocycles. The van der Waals surface area contributed by atoms with Crippen molar-refractivity contribution in [2.75, 3.05) is 13.2 Å². The van der Waals surface area contributed by atoms with E-state index in [0.717, 1.165) is 12.8 Å². The van der Waals surface area contributed by atoms with Crippen LogP contribution in [0.15, 0.2) is 47.5 Å². The molecular formula is C19H20ClN5O4S. The Labute approximate surface area is 178 Å². The van der Waals surface area contributed by atoms with Crippen molar-refractivity contribution >= 4 is 33.2 Å². The molecule has 11 heteroatoms. The number of hydrogen-bond donors (Lipinski definition) is 2. The Bertz CT molecular complexity index is 1170. The summed E-state index contributed by atoms with van der Waals surface area (Å²) in [5.41, 5.74) is 0.838. The van der Waals surface area contributed by atoms with Crippen molar-refractivity contribution in [1.29, 1.82) is 0 Å². The van der Waals surface area contributed by atoms with E-state index in [1.807, 2.05) is 12.1 Å². The van der Waals surface area contributed by atoms with Gasteiger partial charge in [0.1, 0.15) is 4.90 Å². The van der Waals surface area contributed by atoms with Crippen molar-refractivity contribution in [1.82, 2.24) is 24.6 Å². The monoisotopic (exact) mass is 449 g/mol. The summed E-state index contributed by atoms with van der Waals surface area (Å²) in [5.74, 6) is 0.105. The lowest BCUT2D eigenvalue weighted by Crippen LogP contribution is -2.32. The maximum Gasteiger partial charge on any atom is 0.251 e. The zero-order valence-corrected chi connectivity index (χ0v) is 17.5. The van der Waals surface area contributed by atoms with Crippen LogP contribution in [-0.2, 0) is 21.3 Å². The molecule has 4 rings (SSSR count). The molecule has 30 heavy (non-hydrogen) atoms. The van der Waals surface area contributed by atoms with Crippen LogP contribution in [0.3, 0.4) is 0 Å². The molecule has 1 fully saturated rings. The first-order valence-electron chi connectivity index (χ1n) is 9.42. The van der Waals surface area contributed by atoms with Crippen LogP contribution in [-0.4, -0.2) is 48.2 Å². The third-order valence-corrected chi connectivity index (χ3v) is 6.70. The first-order valence-corrected chi connectivity index (χ1v) is 11.3. The zero-order valence-electron chi connectivity index (χ0n) is 15.9. The van der Waals surface area contributed by atoms with Crippen LogP contribution in [0.5, 0.6) is 0 Å². The van der Waals surface area contributed by atoms with Crippen LogP contribution in [0.4, 0.5) is 0 Å². The number of hydrogen-bond acceptors (Lipinski definition) is 6. The number of ether oxygens (including phenoxy) is 1. The number of amides is 1. The van der Waals surface area contributed by atoms with Gasteiger partial charge in [0, 0.05) is 24.9 Å². The highest BCUT2D eigenvalue weighted by molar-refractivity contribution is 7.89. The van der Waals surface area contributed by atoms with E-state index < -0.39 is 15.9 Å². The molecule has 3 aromatic rings. The average molecular weight is 450 g/mol. The minimum absolute atomic E-state index is 0.0369. The Morgan fingerprint density at radius 2 is 2.13 bits per heavy atom. The number of benzene rings is 1. The summed E-state index contributed by atoms with van der Waals surface area (Å²) in [6.45, 7) is 0.922. The molecule has 2 N–H and O–H groups in total. The Morgan fingerprint density at radius 1 is 1.27 bits per heavy atom. The SMILES string of the molecule is O=C(NCc1nnc2ccccn12)c1ccc(Cl)c(S(=O)(=O)NC[C@@H]2CCCO2)c1. The number of fused-ring (bicyclic) bond motifs is 1. The van der Waals surface area contributed by atoms with E-state index in [4.69, 9.17) is 16.3 Å². The molecule has 158 valence electrons. The molecule has 0 spiro atoms. The average Bonchev–Trinajstić information content (AvgIpc) is 3.41.